The number of hydrogen-bond acceptors (Lipinski definition) is 3. The summed E-state index contributed by atoms with van der Waals surface area (Å²) in [6.07, 6.45) is 4.87. The summed E-state index contributed by atoms with van der Waals surface area (Å²) in [7, 11) is 0. The van der Waals surface area contributed by atoms with Crippen molar-refractivity contribution in [2.45, 2.75) is 12.6 Å². The van der Waals surface area contributed by atoms with Crippen molar-refractivity contribution in [2.24, 2.45) is 0 Å². The standard InChI is InChI=1S/C21H18N2O2/c24-14-20-21-7-4-12-23(21)13-19(22-20)17-8-10-18(11-9-17)25-15-16-5-2-1-3-6-16/h1-14,20,22H,15H2. The number of fused-ring (bicyclic) bond motifs is 1. The third kappa shape index (κ3) is 3.19. The van der Waals surface area contributed by atoms with Gasteiger partial charge in [-0.1, -0.05) is 30.3 Å². The fourth-order valence-electron chi connectivity index (χ4n) is 2.94. The van der Waals surface area contributed by atoms with Crippen LogP contribution in [0.1, 0.15) is 22.9 Å². The number of carbonyl (C=O) groups is 1. The molecule has 0 amide bonds. The molecule has 0 spiro atoms. The van der Waals surface area contributed by atoms with E-state index in [1.165, 1.54) is 0 Å². The van der Waals surface area contributed by atoms with Gasteiger partial charge in [-0.2, -0.15) is 0 Å². The minimum Gasteiger partial charge on any atom is -0.489 e. The van der Waals surface area contributed by atoms with E-state index in [0.717, 1.165) is 34.6 Å². The van der Waals surface area contributed by atoms with Gasteiger partial charge in [-0.25, -0.2) is 0 Å². The molecule has 0 bridgehead atoms. The first-order chi connectivity index (χ1) is 12.3. The van der Waals surface area contributed by atoms with Crippen molar-refractivity contribution in [3.05, 3.63) is 89.7 Å². The number of carbonyl (C=O) groups excluding carboxylic acids is 1. The van der Waals surface area contributed by atoms with Crippen LogP contribution in [-0.2, 0) is 11.4 Å². The third-order valence-electron chi connectivity index (χ3n) is 4.26. The fraction of sp³-hybridized carbons (Fsp3) is 0.0952. The second-order valence-electron chi connectivity index (χ2n) is 5.94. The summed E-state index contributed by atoms with van der Waals surface area (Å²) in [6, 6.07) is 21.5. The normalized spacial score (nSPS) is 15.7. The van der Waals surface area contributed by atoms with Crippen LogP contribution in [0.3, 0.4) is 0 Å². The Kier molecular flexibility index (Phi) is 4.09. The van der Waals surface area contributed by atoms with E-state index in [9.17, 15) is 4.79 Å². The van der Waals surface area contributed by atoms with E-state index in [0.29, 0.717) is 6.61 Å². The average Bonchev–Trinajstić information content (AvgIpc) is 3.15. The number of nitrogens with one attached hydrogen (secondary N) is 1. The van der Waals surface area contributed by atoms with Gasteiger partial charge < -0.3 is 19.4 Å². The first kappa shape index (κ1) is 15.3. The number of ether oxygens (including phenoxy) is 1. The van der Waals surface area contributed by atoms with Gasteiger partial charge in [-0.05, 0) is 47.5 Å². The van der Waals surface area contributed by atoms with Gasteiger partial charge in [0.1, 0.15) is 24.7 Å². The molecule has 1 atom stereocenters. The molecule has 2 aromatic carbocycles. The Morgan fingerprint density at radius 2 is 1.80 bits per heavy atom. The Bertz CT molecular complexity index is 895. The van der Waals surface area contributed by atoms with Gasteiger partial charge in [-0.15, -0.1) is 0 Å². The summed E-state index contributed by atoms with van der Waals surface area (Å²) >= 11 is 0. The lowest BCUT2D eigenvalue weighted by atomic mass is 10.1. The van der Waals surface area contributed by atoms with Crippen molar-refractivity contribution in [2.75, 3.05) is 0 Å². The van der Waals surface area contributed by atoms with Crippen LogP contribution in [0.2, 0.25) is 0 Å². The lowest BCUT2D eigenvalue weighted by molar-refractivity contribution is -0.109. The lowest BCUT2D eigenvalue weighted by Crippen LogP contribution is -2.27. The van der Waals surface area contributed by atoms with E-state index in [1.54, 1.807) is 0 Å². The van der Waals surface area contributed by atoms with Crippen LogP contribution in [0.25, 0.3) is 11.9 Å². The van der Waals surface area contributed by atoms with Crippen LogP contribution in [0.4, 0.5) is 0 Å². The number of aldehydes is 1. The highest BCUT2D eigenvalue weighted by molar-refractivity contribution is 5.80. The molecule has 2 heterocycles. The molecule has 1 aliphatic heterocycles. The largest absolute Gasteiger partial charge is 0.489 e. The third-order valence-corrected chi connectivity index (χ3v) is 4.26. The molecule has 1 aliphatic rings. The van der Waals surface area contributed by atoms with Crippen LogP contribution >= 0.6 is 0 Å². The van der Waals surface area contributed by atoms with E-state index in [-0.39, 0.29) is 6.04 Å². The lowest BCUT2D eigenvalue weighted by Gasteiger charge is -2.23. The molecule has 1 unspecified atom stereocenters. The van der Waals surface area contributed by atoms with Crippen LogP contribution in [0.15, 0.2) is 72.9 Å². The number of nitrogens with zero attached hydrogens (tertiary/aromatic N) is 1. The molecule has 0 radical (unpaired) electrons. The number of rotatable bonds is 5. The SMILES string of the molecule is O=CC1NC(c2ccc(OCc3ccccc3)cc2)=Cn2cccc21. The molecule has 4 nitrogen and oxygen atoms in total. The van der Waals surface area contributed by atoms with Crippen LogP contribution in [0, 0.1) is 0 Å². The second kappa shape index (κ2) is 6.69. The summed E-state index contributed by atoms with van der Waals surface area (Å²) in [4.78, 5) is 11.3. The molecule has 4 rings (SSSR count). The maximum atomic E-state index is 11.3. The maximum absolute atomic E-state index is 11.3. The van der Waals surface area contributed by atoms with Crippen molar-refractivity contribution in [1.82, 2.24) is 9.88 Å². The summed E-state index contributed by atoms with van der Waals surface area (Å²) in [6.45, 7) is 0.543. The minimum absolute atomic E-state index is 0.330. The first-order valence-corrected chi connectivity index (χ1v) is 8.21. The molecule has 0 saturated heterocycles. The Labute approximate surface area is 146 Å². The summed E-state index contributed by atoms with van der Waals surface area (Å²) in [5.74, 6) is 0.817. The first-order valence-electron chi connectivity index (χ1n) is 8.21. The molecule has 0 fully saturated rings. The van der Waals surface area contributed by atoms with Crippen molar-refractivity contribution in [3.8, 4) is 5.75 Å². The van der Waals surface area contributed by atoms with Gasteiger partial charge in [0.25, 0.3) is 0 Å². The zero-order valence-corrected chi connectivity index (χ0v) is 13.6. The van der Waals surface area contributed by atoms with E-state index in [2.05, 4.69) is 5.32 Å². The molecular weight excluding hydrogens is 312 g/mol. The molecule has 4 heteroatoms. The van der Waals surface area contributed by atoms with Crippen LogP contribution in [0.5, 0.6) is 5.75 Å². The van der Waals surface area contributed by atoms with Crippen molar-refractivity contribution < 1.29 is 9.53 Å². The van der Waals surface area contributed by atoms with Crippen LogP contribution in [-0.4, -0.2) is 10.9 Å². The molecule has 0 saturated carbocycles. The van der Waals surface area contributed by atoms with E-state index in [4.69, 9.17) is 4.74 Å². The number of aromatic nitrogens is 1. The highest BCUT2D eigenvalue weighted by atomic mass is 16.5. The second-order valence-corrected chi connectivity index (χ2v) is 5.94. The zero-order chi connectivity index (χ0) is 17.1. The maximum Gasteiger partial charge on any atom is 0.148 e. The Morgan fingerprint density at radius 3 is 2.56 bits per heavy atom. The van der Waals surface area contributed by atoms with E-state index in [1.807, 2.05) is 83.7 Å². The average molecular weight is 330 g/mol. The number of hydrogen-bond donors (Lipinski definition) is 1. The minimum atomic E-state index is -0.330. The zero-order valence-electron chi connectivity index (χ0n) is 13.6. The number of benzene rings is 2. The molecule has 25 heavy (non-hydrogen) atoms. The monoisotopic (exact) mass is 330 g/mol. The highest BCUT2D eigenvalue weighted by Gasteiger charge is 2.20. The topological polar surface area (TPSA) is 43.3 Å². The Balaban J connectivity index is 1.50. The summed E-state index contributed by atoms with van der Waals surface area (Å²) in [5.41, 5.74) is 4.01. The van der Waals surface area contributed by atoms with E-state index >= 15 is 0 Å². The molecule has 0 aliphatic carbocycles. The van der Waals surface area contributed by atoms with Gasteiger partial charge in [-0.3, -0.25) is 0 Å². The predicted octanol–water partition coefficient (Wildman–Crippen LogP) is 3.87. The summed E-state index contributed by atoms with van der Waals surface area (Å²) in [5, 5.41) is 3.27. The molecule has 124 valence electrons. The van der Waals surface area contributed by atoms with E-state index < -0.39 is 0 Å². The highest BCUT2D eigenvalue weighted by Crippen LogP contribution is 2.26. The molecule has 3 aromatic rings. The van der Waals surface area contributed by atoms with Gasteiger partial charge >= 0.3 is 0 Å². The quantitative estimate of drug-likeness (QED) is 0.722. The van der Waals surface area contributed by atoms with Crippen LogP contribution < -0.4 is 10.1 Å². The van der Waals surface area contributed by atoms with Gasteiger partial charge in [0.05, 0.1) is 11.4 Å². The fourth-order valence-corrected chi connectivity index (χ4v) is 2.94. The van der Waals surface area contributed by atoms with Gasteiger partial charge in [0.15, 0.2) is 0 Å². The smallest absolute Gasteiger partial charge is 0.148 e. The summed E-state index contributed by atoms with van der Waals surface area (Å²) < 4.78 is 7.80. The Morgan fingerprint density at radius 1 is 1.00 bits per heavy atom. The van der Waals surface area contributed by atoms with Gasteiger partial charge in [0, 0.05) is 12.4 Å². The van der Waals surface area contributed by atoms with Crippen molar-refractivity contribution in [1.29, 1.82) is 0 Å². The van der Waals surface area contributed by atoms with Crippen molar-refractivity contribution >= 4 is 18.2 Å². The predicted molar refractivity (Wildman–Crippen MR) is 97.8 cm³/mol. The molecule has 1 aromatic heterocycles. The van der Waals surface area contributed by atoms with Gasteiger partial charge in [0.2, 0.25) is 0 Å². The van der Waals surface area contributed by atoms with Crippen molar-refractivity contribution in [3.63, 3.8) is 0 Å². The molecule has 1 N–H and O–H groups in total. The molecular formula is C21H18N2O2. The Hall–Kier alpha value is -3.27.